The summed E-state index contributed by atoms with van der Waals surface area (Å²) in [6, 6.07) is 0. The maximum absolute atomic E-state index is 8.00. The van der Waals surface area contributed by atoms with Gasteiger partial charge in [-0.2, -0.15) is 0 Å². The number of allylic oxidation sites excluding steroid dienone is 4. The van der Waals surface area contributed by atoms with E-state index >= 15 is 0 Å². The van der Waals surface area contributed by atoms with E-state index in [1.165, 1.54) is 4.28 Å². The Morgan fingerprint density at radius 3 is 2.38 bits per heavy atom. The van der Waals surface area contributed by atoms with Crippen molar-refractivity contribution in [1.29, 1.82) is 0 Å². The quantitative estimate of drug-likeness (QED) is 0.501. The predicted molar refractivity (Wildman–Crippen MR) is 29.0 cm³/mol. The molecule has 0 heterocycles. The van der Waals surface area contributed by atoms with Crippen LogP contribution in [0.5, 0.6) is 0 Å². The van der Waals surface area contributed by atoms with Crippen molar-refractivity contribution in [3.05, 3.63) is 22.5 Å². The fourth-order valence-corrected chi connectivity index (χ4v) is 0.735. The zero-order chi connectivity index (χ0) is 6.41. The Bertz CT molecular complexity index is 116. The molecule has 0 radical (unpaired) electrons. The summed E-state index contributed by atoms with van der Waals surface area (Å²) in [5.74, 6) is 0. The second-order valence-corrected chi connectivity index (χ2v) is 2.19. The molecule has 0 saturated carbocycles. The van der Waals surface area contributed by atoms with Crippen LogP contribution in [0.25, 0.3) is 0 Å². The molecule has 1 nitrogen and oxygen atoms in total. The van der Waals surface area contributed by atoms with Gasteiger partial charge < -0.3 is 4.79 Å². The first-order chi connectivity index (χ1) is 3.89. The predicted octanol–water partition coefficient (Wildman–Crippen LogP) is 1.19. The molecule has 0 amide bonds. The van der Waals surface area contributed by atoms with Crippen LogP contribution in [-0.2, 0) is 22.2 Å². The summed E-state index contributed by atoms with van der Waals surface area (Å²) in [5, 5.41) is 0. The first-order valence-corrected chi connectivity index (χ1v) is 2.93. The Morgan fingerprint density at radius 2 is 2.25 bits per heavy atom. The van der Waals surface area contributed by atoms with Crippen molar-refractivity contribution in [2.45, 2.75) is 6.42 Å². The van der Waals surface area contributed by atoms with Crippen molar-refractivity contribution in [1.82, 2.24) is 0 Å². The van der Waals surface area contributed by atoms with Gasteiger partial charge >= 0.3 is 46.4 Å². The van der Waals surface area contributed by atoms with E-state index in [9.17, 15) is 0 Å². The summed E-state index contributed by atoms with van der Waals surface area (Å²) in [4.78, 5) is 8.00. The molecule has 0 spiro atoms. The molecule has 2 heteroatoms. The second kappa shape index (κ2) is 4.88. The molecule has 0 N–H and O–H groups in total. The van der Waals surface area contributed by atoms with Crippen LogP contribution in [0.4, 0.5) is 0 Å². The van der Waals surface area contributed by atoms with Crippen molar-refractivity contribution >= 4 is 6.79 Å². The standard InChI is InChI=1S/C5H5.CH2O.V/c1-2-4-5-3-1;1-2;/h1-3H,4H2;1H2;. The van der Waals surface area contributed by atoms with Crippen molar-refractivity contribution in [2.24, 2.45) is 0 Å². The van der Waals surface area contributed by atoms with Gasteiger partial charge in [0.15, 0.2) is 0 Å². The summed E-state index contributed by atoms with van der Waals surface area (Å²) in [5.41, 5.74) is 0. The molecule has 42 valence electrons. The second-order valence-electron chi connectivity index (χ2n) is 1.29. The number of carbonyl (C=O) groups is 1. The Labute approximate surface area is 58.4 Å². The summed E-state index contributed by atoms with van der Waals surface area (Å²) >= 11 is 2.54. The van der Waals surface area contributed by atoms with E-state index in [1.807, 2.05) is 6.79 Å². The molecule has 0 atom stereocenters. The molecule has 0 fully saturated rings. The normalized spacial score (nSPS) is 14.2. The van der Waals surface area contributed by atoms with Gasteiger partial charge in [-0.15, -0.1) is 0 Å². The number of hydrogen-bond donors (Lipinski definition) is 0. The monoisotopic (exact) mass is 146 g/mol. The van der Waals surface area contributed by atoms with Gasteiger partial charge in [-0.1, -0.05) is 0 Å². The molecule has 1 aliphatic rings. The number of rotatable bonds is 0. The zero-order valence-electron chi connectivity index (χ0n) is 4.50. The molecule has 8 heavy (non-hydrogen) atoms. The van der Waals surface area contributed by atoms with Gasteiger partial charge in [-0.05, 0) is 0 Å². The van der Waals surface area contributed by atoms with Gasteiger partial charge in [0.2, 0.25) is 0 Å². The van der Waals surface area contributed by atoms with Crippen LogP contribution in [0.3, 0.4) is 0 Å². The van der Waals surface area contributed by atoms with Crippen LogP contribution in [0.1, 0.15) is 6.42 Å². The van der Waals surface area contributed by atoms with Crippen LogP contribution >= 0.6 is 0 Å². The maximum atomic E-state index is 8.00. The van der Waals surface area contributed by atoms with Gasteiger partial charge in [0, 0.05) is 0 Å². The topological polar surface area (TPSA) is 17.1 Å². The first-order valence-electron chi connectivity index (χ1n) is 2.23. The molecule has 0 bridgehead atoms. The molecule has 0 unspecified atom stereocenters. The van der Waals surface area contributed by atoms with Gasteiger partial charge in [-0.3, -0.25) is 0 Å². The van der Waals surface area contributed by atoms with Crippen LogP contribution in [-0.4, -0.2) is 6.79 Å². The summed E-state index contributed by atoms with van der Waals surface area (Å²) in [7, 11) is 0. The summed E-state index contributed by atoms with van der Waals surface area (Å²) in [6.07, 6.45) is 7.47. The van der Waals surface area contributed by atoms with E-state index in [4.69, 9.17) is 4.79 Å². The van der Waals surface area contributed by atoms with Crippen molar-refractivity contribution in [2.75, 3.05) is 0 Å². The molecule has 0 aromatic carbocycles. The van der Waals surface area contributed by atoms with Crippen LogP contribution in [0.2, 0.25) is 0 Å². The average molecular weight is 146 g/mol. The van der Waals surface area contributed by atoms with Crippen LogP contribution < -0.4 is 0 Å². The molecule has 0 aromatic heterocycles. The first kappa shape index (κ1) is 7.73. The Kier molecular flexibility index (Phi) is 4.72. The molecular formula is C6H7OV. The molecule has 1 rings (SSSR count). The zero-order valence-corrected chi connectivity index (χ0v) is 5.90. The van der Waals surface area contributed by atoms with Crippen LogP contribution in [0.15, 0.2) is 22.5 Å². The van der Waals surface area contributed by atoms with E-state index in [-0.39, 0.29) is 0 Å². The van der Waals surface area contributed by atoms with Crippen molar-refractivity contribution in [3.8, 4) is 0 Å². The number of carbonyl (C=O) groups excluding carboxylic acids is 1. The van der Waals surface area contributed by atoms with Gasteiger partial charge in [0.05, 0.1) is 0 Å². The van der Waals surface area contributed by atoms with Gasteiger partial charge in [0.25, 0.3) is 0 Å². The number of hydrogen-bond acceptors (Lipinski definition) is 1. The van der Waals surface area contributed by atoms with E-state index in [1.54, 1.807) is 0 Å². The third-order valence-electron chi connectivity index (χ3n) is 0.752. The Balaban J connectivity index is 0.000000222. The molecular weight excluding hydrogens is 139 g/mol. The molecule has 0 aliphatic heterocycles. The van der Waals surface area contributed by atoms with E-state index in [0.717, 1.165) is 6.42 Å². The average Bonchev–Trinajstić information content (AvgIpc) is 2.24. The van der Waals surface area contributed by atoms with Crippen molar-refractivity contribution < 1.29 is 22.2 Å². The molecule has 0 aromatic rings. The SMILES string of the molecule is C=O.[V][C]1=CC=CC1. The molecule has 1 aliphatic carbocycles. The van der Waals surface area contributed by atoms with E-state index in [2.05, 4.69) is 35.7 Å². The third kappa shape index (κ3) is 2.83. The van der Waals surface area contributed by atoms with E-state index in [0.29, 0.717) is 0 Å². The summed E-state index contributed by atoms with van der Waals surface area (Å²) in [6.45, 7) is 2.00. The molecule has 0 saturated heterocycles. The fraction of sp³-hybridized carbons (Fsp3) is 0.167. The van der Waals surface area contributed by atoms with Gasteiger partial charge in [0.1, 0.15) is 6.79 Å². The van der Waals surface area contributed by atoms with Crippen molar-refractivity contribution in [3.63, 3.8) is 0 Å². The minimum absolute atomic E-state index is 1.14. The Morgan fingerprint density at radius 1 is 1.62 bits per heavy atom. The minimum atomic E-state index is 1.14. The third-order valence-corrected chi connectivity index (χ3v) is 1.27. The summed E-state index contributed by atoms with van der Waals surface area (Å²) < 4.78 is 1.41. The Hall–Kier alpha value is -0.266. The van der Waals surface area contributed by atoms with E-state index < -0.39 is 0 Å². The fourth-order valence-electron chi connectivity index (χ4n) is 0.436. The van der Waals surface area contributed by atoms with Gasteiger partial charge in [-0.25, -0.2) is 0 Å². The van der Waals surface area contributed by atoms with Crippen LogP contribution in [0, 0.1) is 0 Å².